The minimum Gasteiger partial charge on any atom is -0.346 e. The Balaban J connectivity index is 0. The Hall–Kier alpha value is -0.860. The number of hydrogen-bond acceptors (Lipinski definition) is 2. The molecule has 0 aromatic carbocycles. The van der Waals surface area contributed by atoms with Crippen LogP contribution < -0.4 is 0 Å². The van der Waals surface area contributed by atoms with Crippen molar-refractivity contribution in [3.8, 4) is 0 Å². The molecule has 24 heavy (non-hydrogen) atoms. The molecule has 0 spiro atoms. The van der Waals surface area contributed by atoms with Crippen LogP contribution in [0.1, 0.15) is 93.4 Å². The van der Waals surface area contributed by atoms with Gasteiger partial charge in [-0.1, -0.05) is 74.1 Å². The summed E-state index contributed by atoms with van der Waals surface area (Å²) in [6.07, 6.45) is 8.46. The van der Waals surface area contributed by atoms with Gasteiger partial charge in [-0.3, -0.25) is 4.79 Å². The summed E-state index contributed by atoms with van der Waals surface area (Å²) >= 11 is 0. The summed E-state index contributed by atoms with van der Waals surface area (Å²) in [7, 11) is 1.84. The predicted octanol–water partition coefficient (Wildman–Crippen LogP) is 5.72. The number of carbonyl (C=O) groups excluding carboxylic acids is 2. The summed E-state index contributed by atoms with van der Waals surface area (Å²) in [5.41, 5.74) is 1.11. The average molecular weight is 342 g/mol. The lowest BCUT2D eigenvalue weighted by Gasteiger charge is -2.40. The Kier molecular flexibility index (Phi) is 13.2. The largest absolute Gasteiger partial charge is 0.346 e. The van der Waals surface area contributed by atoms with Crippen LogP contribution in [-0.4, -0.2) is 31.2 Å². The van der Waals surface area contributed by atoms with Crippen LogP contribution >= 0.6 is 0 Å². The van der Waals surface area contributed by atoms with E-state index in [1.54, 1.807) is 4.90 Å². The molecule has 1 fully saturated rings. The van der Waals surface area contributed by atoms with E-state index in [1.165, 1.54) is 32.1 Å². The van der Waals surface area contributed by atoms with E-state index in [9.17, 15) is 4.79 Å². The van der Waals surface area contributed by atoms with Gasteiger partial charge in [0, 0.05) is 20.0 Å². The molecule has 0 bridgehead atoms. The van der Waals surface area contributed by atoms with Crippen molar-refractivity contribution in [1.29, 1.82) is 0 Å². The topological polar surface area (TPSA) is 37.4 Å². The van der Waals surface area contributed by atoms with Gasteiger partial charge in [-0.25, -0.2) is 0 Å². The molecule has 0 aromatic heterocycles. The second kappa shape index (κ2) is 12.5. The number of carbonyl (C=O) groups is 2. The van der Waals surface area contributed by atoms with Crippen molar-refractivity contribution in [3.63, 3.8) is 0 Å². The van der Waals surface area contributed by atoms with Crippen molar-refractivity contribution < 1.29 is 9.59 Å². The van der Waals surface area contributed by atoms with Crippen molar-refractivity contribution in [2.45, 2.75) is 93.4 Å². The molecule has 0 aliphatic carbocycles. The van der Waals surface area contributed by atoms with Gasteiger partial charge in [0.1, 0.15) is 6.79 Å². The van der Waals surface area contributed by atoms with E-state index in [0.29, 0.717) is 16.7 Å². The summed E-state index contributed by atoms with van der Waals surface area (Å²) in [4.78, 5) is 20.3. The third-order valence-corrected chi connectivity index (χ3v) is 6.62. The summed E-state index contributed by atoms with van der Waals surface area (Å²) in [6.45, 7) is 19.7. The second-order valence-electron chi connectivity index (χ2n) is 7.90. The SMILES string of the molecule is C=O.CCC(C)(CC)CC(C)C(C)(CC)CC.CN1CCCC1=O. The van der Waals surface area contributed by atoms with Crippen LogP contribution in [-0.2, 0) is 9.59 Å². The Morgan fingerprint density at radius 3 is 1.71 bits per heavy atom. The normalized spacial score (nSPS) is 16.0. The molecule has 144 valence electrons. The molecular formula is C21H43NO2. The van der Waals surface area contributed by atoms with Crippen molar-refractivity contribution in [2.75, 3.05) is 13.6 Å². The maximum absolute atomic E-state index is 10.5. The fourth-order valence-electron chi connectivity index (χ4n) is 3.25. The van der Waals surface area contributed by atoms with Crippen molar-refractivity contribution >= 4 is 12.7 Å². The molecular weight excluding hydrogens is 298 g/mol. The highest BCUT2D eigenvalue weighted by Crippen LogP contribution is 2.43. The zero-order chi connectivity index (χ0) is 19.4. The zero-order valence-corrected chi connectivity index (χ0v) is 17.7. The van der Waals surface area contributed by atoms with Crippen LogP contribution in [0.4, 0.5) is 0 Å². The van der Waals surface area contributed by atoms with Crippen LogP contribution in [0.3, 0.4) is 0 Å². The Labute approximate surface area is 151 Å². The average Bonchev–Trinajstić information content (AvgIpc) is 2.99. The zero-order valence-electron chi connectivity index (χ0n) is 17.7. The molecule has 1 rings (SSSR count). The number of likely N-dealkylation sites (tertiary alicyclic amines) is 1. The van der Waals surface area contributed by atoms with E-state index in [2.05, 4.69) is 48.5 Å². The Bertz CT molecular complexity index is 333. The number of nitrogens with zero attached hydrogens (tertiary/aromatic N) is 1. The van der Waals surface area contributed by atoms with Crippen LogP contribution in [0.5, 0.6) is 0 Å². The first-order valence-corrected chi connectivity index (χ1v) is 9.70. The molecule has 1 heterocycles. The van der Waals surface area contributed by atoms with E-state index in [0.717, 1.165) is 25.3 Å². The summed E-state index contributed by atoms with van der Waals surface area (Å²) < 4.78 is 0. The number of amides is 1. The minimum atomic E-state index is 0.292. The van der Waals surface area contributed by atoms with Gasteiger partial charge in [0.05, 0.1) is 0 Å². The van der Waals surface area contributed by atoms with Gasteiger partial charge < -0.3 is 9.69 Å². The summed E-state index contributed by atoms with van der Waals surface area (Å²) in [5, 5.41) is 0. The van der Waals surface area contributed by atoms with E-state index in [4.69, 9.17) is 4.79 Å². The van der Waals surface area contributed by atoms with Crippen molar-refractivity contribution in [1.82, 2.24) is 4.90 Å². The molecule has 1 aliphatic rings. The number of rotatable bonds is 7. The van der Waals surface area contributed by atoms with Crippen LogP contribution in [0.15, 0.2) is 0 Å². The Morgan fingerprint density at radius 1 is 1.04 bits per heavy atom. The molecule has 1 amide bonds. The Morgan fingerprint density at radius 2 is 1.50 bits per heavy atom. The van der Waals surface area contributed by atoms with Gasteiger partial charge in [0.2, 0.25) is 5.91 Å². The van der Waals surface area contributed by atoms with Gasteiger partial charge in [-0.2, -0.15) is 0 Å². The maximum atomic E-state index is 10.5. The molecule has 0 radical (unpaired) electrons. The third-order valence-electron chi connectivity index (χ3n) is 6.62. The molecule has 3 nitrogen and oxygen atoms in total. The smallest absolute Gasteiger partial charge is 0.222 e. The molecule has 0 saturated carbocycles. The molecule has 1 saturated heterocycles. The highest BCUT2D eigenvalue weighted by molar-refractivity contribution is 5.77. The highest BCUT2D eigenvalue weighted by Gasteiger charge is 2.32. The van der Waals surface area contributed by atoms with Gasteiger partial charge in [0.25, 0.3) is 0 Å². The van der Waals surface area contributed by atoms with Crippen LogP contribution in [0.2, 0.25) is 0 Å². The van der Waals surface area contributed by atoms with E-state index in [1.807, 2.05) is 13.8 Å². The van der Waals surface area contributed by atoms with Crippen LogP contribution in [0, 0.1) is 16.7 Å². The standard InChI is InChI=1S/C15H32.C5H9NO.CH2O/c1-8-14(6,9-2)12-13(5)15(7,10-3)11-4;1-6-4-2-3-5(6)7;1-2/h13H,8-12H2,1-7H3;2-4H2,1H3;1H2. The lowest BCUT2D eigenvalue weighted by molar-refractivity contribution is -0.126. The summed E-state index contributed by atoms with van der Waals surface area (Å²) in [6, 6.07) is 0. The van der Waals surface area contributed by atoms with E-state index in [-0.39, 0.29) is 0 Å². The lowest BCUT2D eigenvalue weighted by atomic mass is 9.66. The molecule has 0 N–H and O–H groups in total. The molecule has 1 unspecified atom stereocenters. The van der Waals surface area contributed by atoms with Gasteiger partial charge in [-0.05, 0) is 29.6 Å². The monoisotopic (exact) mass is 341 g/mol. The molecule has 0 aromatic rings. The highest BCUT2D eigenvalue weighted by atomic mass is 16.2. The fraction of sp³-hybridized carbons (Fsp3) is 0.905. The first-order chi connectivity index (χ1) is 11.2. The van der Waals surface area contributed by atoms with Crippen molar-refractivity contribution in [3.05, 3.63) is 0 Å². The predicted molar refractivity (Wildman–Crippen MR) is 105 cm³/mol. The first-order valence-electron chi connectivity index (χ1n) is 9.70. The van der Waals surface area contributed by atoms with E-state index < -0.39 is 0 Å². The summed E-state index contributed by atoms with van der Waals surface area (Å²) in [5.74, 6) is 1.14. The molecule has 1 atom stereocenters. The first kappa shape index (κ1) is 25.4. The van der Waals surface area contributed by atoms with Gasteiger partial charge in [0.15, 0.2) is 0 Å². The lowest BCUT2D eigenvalue weighted by Crippen LogP contribution is -2.29. The fourth-order valence-corrected chi connectivity index (χ4v) is 3.25. The van der Waals surface area contributed by atoms with Crippen molar-refractivity contribution in [2.24, 2.45) is 16.7 Å². The minimum absolute atomic E-state index is 0.292. The third kappa shape index (κ3) is 8.30. The van der Waals surface area contributed by atoms with Crippen LogP contribution in [0.25, 0.3) is 0 Å². The van der Waals surface area contributed by atoms with Gasteiger partial charge in [-0.15, -0.1) is 0 Å². The second-order valence-corrected chi connectivity index (χ2v) is 7.90. The molecule has 1 aliphatic heterocycles. The quantitative estimate of drug-likeness (QED) is 0.594. The maximum Gasteiger partial charge on any atom is 0.222 e. The van der Waals surface area contributed by atoms with E-state index >= 15 is 0 Å². The van der Waals surface area contributed by atoms with Gasteiger partial charge >= 0.3 is 0 Å². The number of hydrogen-bond donors (Lipinski definition) is 0. The molecule has 3 heteroatoms.